The molecule has 0 spiro atoms. The van der Waals surface area contributed by atoms with E-state index < -0.39 is 12.0 Å². The number of benzene rings is 2. The molecule has 1 atom stereocenters. The number of hydrogen-bond acceptors (Lipinski definition) is 5. The Morgan fingerprint density at radius 1 is 1.03 bits per heavy atom. The van der Waals surface area contributed by atoms with Crippen LogP contribution in [0.2, 0.25) is 0 Å². The van der Waals surface area contributed by atoms with Gasteiger partial charge in [-0.15, -0.1) is 0 Å². The van der Waals surface area contributed by atoms with E-state index in [0.29, 0.717) is 23.4 Å². The minimum absolute atomic E-state index is 0.354. The van der Waals surface area contributed by atoms with Crippen molar-refractivity contribution in [3.8, 4) is 11.3 Å². The molecule has 3 rings (SSSR count). The number of hydrogen-bond donors (Lipinski definition) is 1. The Balaban J connectivity index is 1.84. The van der Waals surface area contributed by atoms with E-state index in [0.717, 1.165) is 5.56 Å². The average Bonchev–Trinajstić information content (AvgIpc) is 2.76. The summed E-state index contributed by atoms with van der Waals surface area (Å²) in [5.41, 5.74) is 2.00. The lowest BCUT2D eigenvalue weighted by atomic mass is 10.1. The zero-order valence-corrected chi connectivity index (χ0v) is 16.2. The van der Waals surface area contributed by atoms with Crippen LogP contribution < -0.4 is 10.9 Å². The molecule has 0 fully saturated rings. The Bertz CT molecular complexity index is 1060. The SMILES string of the molecule is CC[C@H](C(=O)Nc1ccc(C(=O)OC)cc1)n1nc(-c2ccccc2)ccc1=O. The number of anilines is 1. The Kier molecular flexibility index (Phi) is 6.19. The van der Waals surface area contributed by atoms with Crippen LogP contribution in [0.15, 0.2) is 71.5 Å². The molecule has 0 aliphatic rings. The van der Waals surface area contributed by atoms with Gasteiger partial charge in [0.15, 0.2) is 0 Å². The summed E-state index contributed by atoms with van der Waals surface area (Å²) < 4.78 is 5.87. The second-order valence-electron chi connectivity index (χ2n) is 6.35. The summed E-state index contributed by atoms with van der Waals surface area (Å²) >= 11 is 0. The number of ether oxygens (including phenoxy) is 1. The van der Waals surface area contributed by atoms with Gasteiger partial charge in [0.25, 0.3) is 5.56 Å². The molecule has 7 nitrogen and oxygen atoms in total. The molecule has 1 aromatic heterocycles. The van der Waals surface area contributed by atoms with E-state index in [1.807, 2.05) is 37.3 Å². The molecule has 29 heavy (non-hydrogen) atoms. The molecule has 1 amide bonds. The van der Waals surface area contributed by atoms with Crippen LogP contribution in [0.25, 0.3) is 11.3 Å². The Labute approximate surface area is 168 Å². The van der Waals surface area contributed by atoms with Gasteiger partial charge in [0, 0.05) is 17.3 Å². The van der Waals surface area contributed by atoms with Crippen molar-refractivity contribution in [2.45, 2.75) is 19.4 Å². The zero-order valence-electron chi connectivity index (χ0n) is 16.2. The number of carbonyl (C=O) groups excluding carboxylic acids is 2. The maximum absolute atomic E-state index is 12.8. The van der Waals surface area contributed by atoms with Crippen LogP contribution in [0.3, 0.4) is 0 Å². The lowest BCUT2D eigenvalue weighted by molar-refractivity contribution is -0.119. The predicted octanol–water partition coefficient (Wildman–Crippen LogP) is 3.29. The van der Waals surface area contributed by atoms with Crippen molar-refractivity contribution in [1.82, 2.24) is 9.78 Å². The summed E-state index contributed by atoms with van der Waals surface area (Å²) in [5.74, 6) is -0.819. The zero-order chi connectivity index (χ0) is 20.8. The topological polar surface area (TPSA) is 90.3 Å². The molecule has 2 aromatic carbocycles. The number of esters is 1. The predicted molar refractivity (Wildman–Crippen MR) is 110 cm³/mol. The number of amides is 1. The first kappa shape index (κ1) is 20.0. The van der Waals surface area contributed by atoms with Crippen LogP contribution in [0, 0.1) is 0 Å². The van der Waals surface area contributed by atoms with Crippen LogP contribution in [0.5, 0.6) is 0 Å². The smallest absolute Gasteiger partial charge is 0.337 e. The van der Waals surface area contributed by atoms with E-state index >= 15 is 0 Å². The maximum Gasteiger partial charge on any atom is 0.337 e. The molecular weight excluding hydrogens is 370 g/mol. The summed E-state index contributed by atoms with van der Waals surface area (Å²) in [6, 6.07) is 18.1. The summed E-state index contributed by atoms with van der Waals surface area (Å²) in [7, 11) is 1.30. The van der Waals surface area contributed by atoms with Crippen LogP contribution >= 0.6 is 0 Å². The van der Waals surface area contributed by atoms with Crippen molar-refractivity contribution in [2.75, 3.05) is 12.4 Å². The number of methoxy groups -OCH3 is 1. The highest BCUT2D eigenvalue weighted by molar-refractivity contribution is 5.95. The van der Waals surface area contributed by atoms with E-state index in [2.05, 4.69) is 15.2 Å². The van der Waals surface area contributed by atoms with Gasteiger partial charge in [-0.05, 0) is 36.8 Å². The van der Waals surface area contributed by atoms with E-state index in [9.17, 15) is 14.4 Å². The normalized spacial score (nSPS) is 11.5. The summed E-state index contributed by atoms with van der Waals surface area (Å²) in [6.07, 6.45) is 0.386. The summed E-state index contributed by atoms with van der Waals surface area (Å²) in [5, 5.41) is 7.18. The molecule has 7 heteroatoms. The fourth-order valence-corrected chi connectivity index (χ4v) is 2.91. The lowest BCUT2D eigenvalue weighted by Gasteiger charge is -2.17. The van der Waals surface area contributed by atoms with Gasteiger partial charge in [-0.25, -0.2) is 9.48 Å². The highest BCUT2D eigenvalue weighted by Crippen LogP contribution is 2.18. The molecule has 0 aliphatic heterocycles. The first-order valence-electron chi connectivity index (χ1n) is 9.18. The second kappa shape index (κ2) is 8.97. The monoisotopic (exact) mass is 391 g/mol. The first-order chi connectivity index (χ1) is 14.0. The van der Waals surface area contributed by atoms with E-state index in [1.165, 1.54) is 17.9 Å². The molecule has 3 aromatic rings. The van der Waals surface area contributed by atoms with Gasteiger partial charge in [0.2, 0.25) is 5.91 Å². The highest BCUT2D eigenvalue weighted by Gasteiger charge is 2.21. The number of nitrogens with one attached hydrogen (secondary N) is 1. The maximum atomic E-state index is 12.8. The molecule has 0 unspecified atom stereocenters. The van der Waals surface area contributed by atoms with Gasteiger partial charge >= 0.3 is 5.97 Å². The quantitative estimate of drug-likeness (QED) is 0.651. The van der Waals surface area contributed by atoms with Crippen LogP contribution in [0.1, 0.15) is 29.7 Å². The molecule has 0 aliphatic carbocycles. The fraction of sp³-hybridized carbons (Fsp3) is 0.182. The molecule has 148 valence electrons. The summed E-state index contributed by atoms with van der Waals surface area (Å²) in [6.45, 7) is 1.81. The fourth-order valence-electron chi connectivity index (χ4n) is 2.91. The number of nitrogens with zero attached hydrogens (tertiary/aromatic N) is 2. The summed E-state index contributed by atoms with van der Waals surface area (Å²) in [4.78, 5) is 36.7. The van der Waals surface area contributed by atoms with Gasteiger partial charge in [-0.1, -0.05) is 37.3 Å². The number of carbonyl (C=O) groups is 2. The van der Waals surface area contributed by atoms with Crippen LogP contribution in [-0.2, 0) is 9.53 Å². The van der Waals surface area contributed by atoms with Gasteiger partial charge in [-0.3, -0.25) is 9.59 Å². The van der Waals surface area contributed by atoms with Crippen LogP contribution in [0.4, 0.5) is 5.69 Å². The van der Waals surface area contributed by atoms with Crippen molar-refractivity contribution >= 4 is 17.6 Å². The molecule has 0 saturated heterocycles. The van der Waals surface area contributed by atoms with E-state index in [4.69, 9.17) is 0 Å². The molecule has 1 heterocycles. The van der Waals surface area contributed by atoms with Crippen molar-refractivity contribution in [2.24, 2.45) is 0 Å². The van der Waals surface area contributed by atoms with Crippen LogP contribution in [-0.4, -0.2) is 28.8 Å². The molecule has 0 radical (unpaired) electrons. The van der Waals surface area contributed by atoms with Crippen molar-refractivity contribution in [1.29, 1.82) is 0 Å². The van der Waals surface area contributed by atoms with Gasteiger partial charge < -0.3 is 10.1 Å². The second-order valence-corrected chi connectivity index (χ2v) is 6.35. The lowest BCUT2D eigenvalue weighted by Crippen LogP contribution is -2.34. The minimum atomic E-state index is -0.772. The van der Waals surface area contributed by atoms with Crippen molar-refractivity contribution < 1.29 is 14.3 Å². The van der Waals surface area contributed by atoms with Gasteiger partial charge in [-0.2, -0.15) is 5.10 Å². The molecule has 0 bridgehead atoms. The Hall–Kier alpha value is -3.74. The third-order valence-electron chi connectivity index (χ3n) is 4.45. The standard InChI is InChI=1S/C22H21N3O4/c1-3-19(21(27)23-17-11-9-16(10-12-17)22(28)29-2)25-20(26)14-13-18(24-25)15-7-5-4-6-8-15/h4-14,19H,3H2,1-2H3,(H,23,27)/t19-/m1/s1. The van der Waals surface area contributed by atoms with Gasteiger partial charge in [0.05, 0.1) is 18.4 Å². The highest BCUT2D eigenvalue weighted by atomic mass is 16.5. The molecule has 1 N–H and O–H groups in total. The average molecular weight is 391 g/mol. The van der Waals surface area contributed by atoms with Gasteiger partial charge in [0.1, 0.15) is 6.04 Å². The Morgan fingerprint density at radius 3 is 2.34 bits per heavy atom. The third kappa shape index (κ3) is 4.57. The largest absolute Gasteiger partial charge is 0.465 e. The van der Waals surface area contributed by atoms with Crippen molar-refractivity contribution in [3.05, 3.63) is 82.6 Å². The minimum Gasteiger partial charge on any atom is -0.465 e. The number of rotatable bonds is 6. The van der Waals surface area contributed by atoms with E-state index in [-0.39, 0.29) is 11.5 Å². The van der Waals surface area contributed by atoms with E-state index in [1.54, 1.807) is 30.3 Å². The molecule has 0 saturated carbocycles. The molecular formula is C22H21N3O4. The number of aromatic nitrogens is 2. The van der Waals surface area contributed by atoms with Crippen molar-refractivity contribution in [3.63, 3.8) is 0 Å². The Morgan fingerprint density at radius 2 is 1.72 bits per heavy atom. The first-order valence-corrected chi connectivity index (χ1v) is 9.18. The third-order valence-corrected chi connectivity index (χ3v) is 4.45.